The van der Waals surface area contributed by atoms with Gasteiger partial charge in [0, 0.05) is 17.3 Å². The Morgan fingerprint density at radius 3 is 2.58 bits per heavy atom. The van der Waals surface area contributed by atoms with E-state index < -0.39 is 0 Å². The molecule has 0 radical (unpaired) electrons. The van der Waals surface area contributed by atoms with Crippen molar-refractivity contribution in [3.63, 3.8) is 0 Å². The van der Waals surface area contributed by atoms with Gasteiger partial charge in [0.1, 0.15) is 11.9 Å². The van der Waals surface area contributed by atoms with Crippen LogP contribution in [0.3, 0.4) is 0 Å². The Bertz CT molecular complexity index is 1010. The number of carbonyl (C=O) groups excluding carboxylic acids is 1. The van der Waals surface area contributed by atoms with Crippen molar-refractivity contribution in [3.05, 3.63) is 71.8 Å². The smallest absolute Gasteiger partial charge is 0.258 e. The highest BCUT2D eigenvalue weighted by Crippen LogP contribution is 2.44. The number of para-hydroxylation sites is 1. The van der Waals surface area contributed by atoms with Crippen LogP contribution in [0.25, 0.3) is 10.8 Å². The van der Waals surface area contributed by atoms with Gasteiger partial charge >= 0.3 is 0 Å². The molecule has 3 aromatic rings. The molecule has 130 valence electrons. The van der Waals surface area contributed by atoms with E-state index in [9.17, 15) is 4.79 Å². The zero-order valence-electron chi connectivity index (χ0n) is 14.6. The first kappa shape index (κ1) is 15.3. The van der Waals surface area contributed by atoms with Gasteiger partial charge in [-0.1, -0.05) is 42.5 Å². The van der Waals surface area contributed by atoms with Crippen molar-refractivity contribution >= 4 is 22.4 Å². The fourth-order valence-corrected chi connectivity index (χ4v) is 3.94. The van der Waals surface area contributed by atoms with Crippen LogP contribution in [-0.2, 0) is 0 Å². The van der Waals surface area contributed by atoms with E-state index in [1.54, 1.807) is 7.11 Å². The minimum absolute atomic E-state index is 0.0989. The molecule has 0 spiro atoms. The highest BCUT2D eigenvalue weighted by atomic mass is 16.5. The van der Waals surface area contributed by atoms with Crippen LogP contribution >= 0.6 is 0 Å². The number of amides is 1. The molecule has 0 bridgehead atoms. The lowest BCUT2D eigenvalue weighted by Gasteiger charge is -2.39. The molecule has 1 atom stereocenters. The SMILES string of the molecule is COc1ccc2ccccc2c1[C@@H]1Nc2ccccc2C(=O)N1C1CC1. The van der Waals surface area contributed by atoms with Crippen LogP contribution in [0.5, 0.6) is 5.75 Å². The summed E-state index contributed by atoms with van der Waals surface area (Å²) in [5.74, 6) is 0.904. The summed E-state index contributed by atoms with van der Waals surface area (Å²) in [5, 5.41) is 5.87. The van der Waals surface area contributed by atoms with E-state index in [4.69, 9.17) is 4.74 Å². The molecule has 26 heavy (non-hydrogen) atoms. The van der Waals surface area contributed by atoms with Crippen LogP contribution in [0.1, 0.15) is 34.9 Å². The van der Waals surface area contributed by atoms with Gasteiger partial charge in [-0.25, -0.2) is 0 Å². The van der Waals surface area contributed by atoms with E-state index in [-0.39, 0.29) is 18.1 Å². The van der Waals surface area contributed by atoms with Gasteiger partial charge in [-0.15, -0.1) is 0 Å². The number of anilines is 1. The highest BCUT2D eigenvalue weighted by molar-refractivity contribution is 6.03. The number of benzene rings is 3. The zero-order chi connectivity index (χ0) is 17.7. The summed E-state index contributed by atoms with van der Waals surface area (Å²) in [5.41, 5.74) is 2.66. The fourth-order valence-electron chi connectivity index (χ4n) is 3.94. The Hall–Kier alpha value is -3.01. The van der Waals surface area contributed by atoms with Crippen LogP contribution in [0, 0.1) is 0 Å². The third-order valence-corrected chi connectivity index (χ3v) is 5.33. The van der Waals surface area contributed by atoms with Crippen molar-refractivity contribution < 1.29 is 9.53 Å². The topological polar surface area (TPSA) is 41.6 Å². The maximum Gasteiger partial charge on any atom is 0.258 e. The third kappa shape index (κ3) is 2.25. The quantitative estimate of drug-likeness (QED) is 0.756. The molecule has 1 heterocycles. The Morgan fingerprint density at radius 1 is 1.00 bits per heavy atom. The number of hydrogen-bond donors (Lipinski definition) is 1. The summed E-state index contributed by atoms with van der Waals surface area (Å²) in [6.07, 6.45) is 1.88. The number of ether oxygens (including phenoxy) is 1. The summed E-state index contributed by atoms with van der Waals surface area (Å²) >= 11 is 0. The van der Waals surface area contributed by atoms with Crippen LogP contribution < -0.4 is 10.1 Å². The molecule has 5 rings (SSSR count). The van der Waals surface area contributed by atoms with Gasteiger partial charge in [-0.05, 0) is 41.8 Å². The van der Waals surface area contributed by atoms with Crippen molar-refractivity contribution in [1.82, 2.24) is 4.90 Å². The van der Waals surface area contributed by atoms with E-state index in [1.807, 2.05) is 47.4 Å². The zero-order valence-corrected chi connectivity index (χ0v) is 14.6. The van der Waals surface area contributed by atoms with Crippen molar-refractivity contribution in [3.8, 4) is 5.75 Å². The van der Waals surface area contributed by atoms with Gasteiger partial charge in [0.15, 0.2) is 0 Å². The van der Waals surface area contributed by atoms with Crippen LogP contribution in [0.2, 0.25) is 0 Å². The Morgan fingerprint density at radius 2 is 1.77 bits per heavy atom. The average Bonchev–Trinajstić information content (AvgIpc) is 3.52. The van der Waals surface area contributed by atoms with Crippen molar-refractivity contribution in [1.29, 1.82) is 0 Å². The largest absolute Gasteiger partial charge is 0.496 e. The van der Waals surface area contributed by atoms with Crippen molar-refractivity contribution in [2.75, 3.05) is 12.4 Å². The van der Waals surface area contributed by atoms with Crippen molar-refractivity contribution in [2.45, 2.75) is 25.0 Å². The normalized spacial score (nSPS) is 19.2. The number of hydrogen-bond acceptors (Lipinski definition) is 3. The number of nitrogens with one attached hydrogen (secondary N) is 1. The molecule has 1 amide bonds. The Balaban J connectivity index is 1.74. The van der Waals surface area contributed by atoms with Gasteiger partial charge < -0.3 is 15.0 Å². The molecule has 4 nitrogen and oxygen atoms in total. The van der Waals surface area contributed by atoms with Crippen LogP contribution in [0.4, 0.5) is 5.69 Å². The lowest BCUT2D eigenvalue weighted by molar-refractivity contribution is 0.0666. The number of methoxy groups -OCH3 is 1. The van der Waals surface area contributed by atoms with Gasteiger partial charge in [-0.2, -0.15) is 0 Å². The minimum Gasteiger partial charge on any atom is -0.496 e. The van der Waals surface area contributed by atoms with Gasteiger partial charge in [0.2, 0.25) is 0 Å². The molecule has 0 aromatic heterocycles. The van der Waals surface area contributed by atoms with Gasteiger partial charge in [-0.3, -0.25) is 4.79 Å². The van der Waals surface area contributed by atoms with Crippen molar-refractivity contribution in [2.24, 2.45) is 0 Å². The monoisotopic (exact) mass is 344 g/mol. The maximum atomic E-state index is 13.3. The van der Waals surface area contributed by atoms with E-state index in [0.717, 1.165) is 46.2 Å². The first-order valence-electron chi connectivity index (χ1n) is 9.02. The Kier molecular flexibility index (Phi) is 3.38. The first-order chi connectivity index (χ1) is 12.8. The number of nitrogens with zero attached hydrogens (tertiary/aromatic N) is 1. The summed E-state index contributed by atoms with van der Waals surface area (Å²) < 4.78 is 5.70. The number of fused-ring (bicyclic) bond motifs is 2. The molecule has 1 fully saturated rings. The molecule has 1 aliphatic carbocycles. The molecule has 1 N–H and O–H groups in total. The van der Waals surface area contributed by atoms with Crippen LogP contribution in [-0.4, -0.2) is 24.0 Å². The molecule has 3 aromatic carbocycles. The standard InChI is InChI=1S/C22H20N2O2/c1-26-19-13-10-14-6-2-3-7-16(14)20(19)21-23-18-9-5-4-8-17(18)22(25)24(21)15-11-12-15/h2-10,13,15,21,23H,11-12H2,1H3/t21-/m1/s1. The number of rotatable bonds is 3. The lowest BCUT2D eigenvalue weighted by atomic mass is 9.97. The minimum atomic E-state index is -0.231. The third-order valence-electron chi connectivity index (χ3n) is 5.33. The van der Waals surface area contributed by atoms with Gasteiger partial charge in [0.25, 0.3) is 5.91 Å². The van der Waals surface area contributed by atoms with Crippen LogP contribution in [0.15, 0.2) is 60.7 Å². The summed E-state index contributed by atoms with van der Waals surface area (Å²) in [6, 6.07) is 20.4. The average molecular weight is 344 g/mol. The van der Waals surface area contributed by atoms with E-state index >= 15 is 0 Å². The Labute approximate surface area is 152 Å². The predicted molar refractivity (Wildman–Crippen MR) is 102 cm³/mol. The second kappa shape index (κ2) is 5.77. The molecular weight excluding hydrogens is 324 g/mol. The second-order valence-electron chi connectivity index (χ2n) is 6.94. The summed E-state index contributed by atoms with van der Waals surface area (Å²) in [6.45, 7) is 0. The molecular formula is C22H20N2O2. The molecule has 4 heteroatoms. The molecule has 0 saturated heterocycles. The van der Waals surface area contributed by atoms with E-state index in [2.05, 4.69) is 23.5 Å². The number of carbonyl (C=O) groups is 1. The lowest BCUT2D eigenvalue weighted by Crippen LogP contribution is -2.44. The predicted octanol–water partition coefficient (Wildman–Crippen LogP) is 4.58. The summed E-state index contributed by atoms with van der Waals surface area (Å²) in [7, 11) is 1.69. The molecule has 0 unspecified atom stereocenters. The van der Waals surface area contributed by atoms with E-state index in [1.165, 1.54) is 0 Å². The summed E-state index contributed by atoms with van der Waals surface area (Å²) in [4.78, 5) is 15.3. The molecule has 1 aliphatic heterocycles. The van der Waals surface area contributed by atoms with Gasteiger partial charge in [0.05, 0.1) is 12.7 Å². The van der Waals surface area contributed by atoms with E-state index in [0.29, 0.717) is 0 Å². The maximum absolute atomic E-state index is 13.3. The first-order valence-corrected chi connectivity index (χ1v) is 9.02. The second-order valence-corrected chi connectivity index (χ2v) is 6.94. The molecule has 2 aliphatic rings. The molecule has 1 saturated carbocycles. The fraction of sp³-hybridized carbons (Fsp3) is 0.227. The highest BCUT2D eigenvalue weighted by Gasteiger charge is 2.43.